The number of rotatable bonds is 5. The van der Waals surface area contributed by atoms with Gasteiger partial charge in [-0.3, -0.25) is 9.88 Å². The first-order valence-corrected chi connectivity index (χ1v) is 6.88. The van der Waals surface area contributed by atoms with Crippen LogP contribution in [0.5, 0.6) is 0 Å². The van der Waals surface area contributed by atoms with Gasteiger partial charge in [-0.05, 0) is 24.7 Å². The van der Waals surface area contributed by atoms with E-state index in [1.165, 1.54) is 5.56 Å². The molecular weight excluding hydrogens is 304 g/mol. The number of nitrogens with zero attached hydrogens (tertiary/aromatic N) is 3. The maximum atomic E-state index is 4.37. The molecule has 0 amide bonds. The molecule has 1 heterocycles. The van der Waals surface area contributed by atoms with Crippen molar-refractivity contribution in [3.63, 3.8) is 0 Å². The summed E-state index contributed by atoms with van der Waals surface area (Å²) in [6, 6.07) is 8.34. The van der Waals surface area contributed by atoms with E-state index in [4.69, 9.17) is 0 Å². The van der Waals surface area contributed by atoms with Crippen molar-refractivity contribution in [3.8, 4) is 0 Å². The largest absolute Gasteiger partial charge is 0.372 e. The van der Waals surface area contributed by atoms with E-state index in [0.717, 1.165) is 29.1 Å². The van der Waals surface area contributed by atoms with E-state index in [-0.39, 0.29) is 0 Å². The van der Waals surface area contributed by atoms with Gasteiger partial charge in [0.25, 0.3) is 0 Å². The van der Waals surface area contributed by atoms with E-state index in [0.29, 0.717) is 0 Å². The first-order valence-electron chi connectivity index (χ1n) is 6.09. The fourth-order valence-electron chi connectivity index (χ4n) is 1.84. The van der Waals surface area contributed by atoms with Crippen LogP contribution in [0.3, 0.4) is 0 Å². The van der Waals surface area contributed by atoms with E-state index < -0.39 is 0 Å². The average molecular weight is 321 g/mol. The minimum Gasteiger partial charge on any atom is -0.372 e. The summed E-state index contributed by atoms with van der Waals surface area (Å²) in [6.45, 7) is 1.67. The Bertz CT molecular complexity index is 527. The highest BCUT2D eigenvalue weighted by Crippen LogP contribution is 2.13. The van der Waals surface area contributed by atoms with Crippen LogP contribution in [-0.2, 0) is 13.1 Å². The van der Waals surface area contributed by atoms with Crippen LogP contribution >= 0.6 is 15.9 Å². The maximum absolute atomic E-state index is 4.37. The Hall–Kier alpha value is -1.46. The van der Waals surface area contributed by atoms with Gasteiger partial charge in [0.1, 0.15) is 5.82 Å². The molecule has 0 fully saturated rings. The predicted molar refractivity (Wildman–Crippen MR) is 80.9 cm³/mol. The number of benzene rings is 1. The zero-order valence-electron chi connectivity index (χ0n) is 11.1. The molecule has 1 aromatic carbocycles. The maximum Gasteiger partial charge on any atom is 0.144 e. The summed E-state index contributed by atoms with van der Waals surface area (Å²) in [6.07, 6.45) is 3.56. The lowest BCUT2D eigenvalue weighted by molar-refractivity contribution is 0.314. The highest BCUT2D eigenvalue weighted by Gasteiger charge is 2.04. The van der Waals surface area contributed by atoms with Crippen LogP contribution in [-0.4, -0.2) is 29.0 Å². The fraction of sp³-hybridized carbons (Fsp3) is 0.286. The third-order valence-corrected chi connectivity index (χ3v) is 3.23. The van der Waals surface area contributed by atoms with Crippen LogP contribution < -0.4 is 5.32 Å². The standard InChI is InChI=1S/C14H17BrN4/c1-16-14-8-17-13(7-18-14)10-19(2)9-11-4-3-5-12(15)6-11/h3-8H,9-10H2,1-2H3,(H,16,18). The normalized spacial score (nSPS) is 10.7. The van der Waals surface area contributed by atoms with E-state index in [2.05, 4.69) is 61.4 Å². The van der Waals surface area contributed by atoms with Crippen LogP contribution in [0, 0.1) is 0 Å². The monoisotopic (exact) mass is 320 g/mol. The van der Waals surface area contributed by atoms with Crippen molar-refractivity contribution in [1.82, 2.24) is 14.9 Å². The Labute approximate surface area is 122 Å². The third-order valence-electron chi connectivity index (χ3n) is 2.73. The summed E-state index contributed by atoms with van der Waals surface area (Å²) in [5.74, 6) is 0.790. The number of aromatic nitrogens is 2. The molecule has 1 aromatic heterocycles. The molecule has 0 aliphatic rings. The first-order chi connectivity index (χ1) is 9.17. The van der Waals surface area contributed by atoms with Crippen molar-refractivity contribution in [2.45, 2.75) is 13.1 Å². The van der Waals surface area contributed by atoms with Crippen molar-refractivity contribution in [2.24, 2.45) is 0 Å². The van der Waals surface area contributed by atoms with Gasteiger partial charge < -0.3 is 5.32 Å². The van der Waals surface area contributed by atoms with Crippen LogP contribution in [0.25, 0.3) is 0 Å². The van der Waals surface area contributed by atoms with Crippen molar-refractivity contribution in [3.05, 3.63) is 52.4 Å². The van der Waals surface area contributed by atoms with E-state index in [1.54, 1.807) is 6.20 Å². The fourth-order valence-corrected chi connectivity index (χ4v) is 2.29. The molecule has 0 saturated carbocycles. The molecule has 0 spiro atoms. The van der Waals surface area contributed by atoms with Gasteiger partial charge in [-0.25, -0.2) is 4.98 Å². The highest BCUT2D eigenvalue weighted by molar-refractivity contribution is 9.10. The zero-order valence-corrected chi connectivity index (χ0v) is 12.7. The second-order valence-electron chi connectivity index (χ2n) is 4.45. The molecular formula is C14H17BrN4. The number of halogens is 1. The second-order valence-corrected chi connectivity index (χ2v) is 5.36. The number of hydrogen-bond donors (Lipinski definition) is 1. The van der Waals surface area contributed by atoms with Crippen LogP contribution in [0.2, 0.25) is 0 Å². The lowest BCUT2D eigenvalue weighted by Gasteiger charge is -2.16. The van der Waals surface area contributed by atoms with Crippen molar-refractivity contribution in [1.29, 1.82) is 0 Å². The molecule has 0 aliphatic carbocycles. The molecule has 0 atom stereocenters. The van der Waals surface area contributed by atoms with Crippen LogP contribution in [0.15, 0.2) is 41.1 Å². The minimum absolute atomic E-state index is 0.781. The van der Waals surface area contributed by atoms with Crippen LogP contribution in [0.1, 0.15) is 11.3 Å². The Kier molecular flexibility index (Phi) is 4.87. The first kappa shape index (κ1) is 14.0. The SMILES string of the molecule is CNc1cnc(CN(C)Cc2cccc(Br)c2)cn1. The molecule has 5 heteroatoms. The molecule has 2 aromatic rings. The average Bonchev–Trinajstić information content (AvgIpc) is 2.39. The lowest BCUT2D eigenvalue weighted by atomic mass is 10.2. The molecule has 0 unspecified atom stereocenters. The van der Waals surface area contributed by atoms with Gasteiger partial charge in [0, 0.05) is 24.6 Å². The van der Waals surface area contributed by atoms with Gasteiger partial charge in [0.05, 0.1) is 18.1 Å². The molecule has 0 bridgehead atoms. The van der Waals surface area contributed by atoms with Crippen LogP contribution in [0.4, 0.5) is 5.82 Å². The van der Waals surface area contributed by atoms with Gasteiger partial charge in [0.15, 0.2) is 0 Å². The summed E-state index contributed by atoms with van der Waals surface area (Å²) in [5.41, 5.74) is 2.24. The second kappa shape index (κ2) is 6.63. The van der Waals surface area contributed by atoms with E-state index in [1.807, 2.05) is 19.3 Å². The molecule has 0 radical (unpaired) electrons. The summed E-state index contributed by atoms with van der Waals surface area (Å²) < 4.78 is 1.11. The smallest absolute Gasteiger partial charge is 0.144 e. The predicted octanol–water partition coefficient (Wildman–Crippen LogP) is 2.91. The summed E-state index contributed by atoms with van der Waals surface area (Å²) in [5, 5.41) is 2.96. The molecule has 1 N–H and O–H groups in total. The van der Waals surface area contributed by atoms with Gasteiger partial charge in [-0.1, -0.05) is 28.1 Å². The summed E-state index contributed by atoms with van der Waals surface area (Å²) >= 11 is 3.49. The Morgan fingerprint density at radius 1 is 1.21 bits per heavy atom. The molecule has 4 nitrogen and oxygen atoms in total. The van der Waals surface area contributed by atoms with Gasteiger partial charge >= 0.3 is 0 Å². The van der Waals surface area contributed by atoms with E-state index >= 15 is 0 Å². The lowest BCUT2D eigenvalue weighted by Crippen LogP contribution is -2.18. The van der Waals surface area contributed by atoms with E-state index in [9.17, 15) is 0 Å². The molecule has 0 saturated heterocycles. The molecule has 19 heavy (non-hydrogen) atoms. The highest BCUT2D eigenvalue weighted by atomic mass is 79.9. The van der Waals surface area contributed by atoms with Crippen molar-refractivity contribution < 1.29 is 0 Å². The number of anilines is 1. The molecule has 2 rings (SSSR count). The quantitative estimate of drug-likeness (QED) is 0.919. The van der Waals surface area contributed by atoms with Gasteiger partial charge in [0.2, 0.25) is 0 Å². The Morgan fingerprint density at radius 2 is 2.05 bits per heavy atom. The molecule has 0 aliphatic heterocycles. The number of hydrogen-bond acceptors (Lipinski definition) is 4. The summed E-state index contributed by atoms with van der Waals surface area (Å²) in [4.78, 5) is 10.8. The topological polar surface area (TPSA) is 41.1 Å². The Balaban J connectivity index is 1.95. The number of nitrogens with one attached hydrogen (secondary N) is 1. The third kappa shape index (κ3) is 4.29. The molecule has 100 valence electrons. The van der Waals surface area contributed by atoms with Crippen molar-refractivity contribution in [2.75, 3.05) is 19.4 Å². The minimum atomic E-state index is 0.781. The Morgan fingerprint density at radius 3 is 2.68 bits per heavy atom. The zero-order chi connectivity index (χ0) is 13.7. The van der Waals surface area contributed by atoms with Gasteiger partial charge in [-0.2, -0.15) is 0 Å². The summed E-state index contributed by atoms with van der Waals surface area (Å²) in [7, 11) is 3.91. The van der Waals surface area contributed by atoms with Crippen molar-refractivity contribution >= 4 is 21.7 Å². The van der Waals surface area contributed by atoms with Gasteiger partial charge in [-0.15, -0.1) is 0 Å².